The summed E-state index contributed by atoms with van der Waals surface area (Å²) in [7, 11) is 1.50. The molecule has 34 heavy (non-hydrogen) atoms. The summed E-state index contributed by atoms with van der Waals surface area (Å²) in [6, 6.07) is 22.7. The second kappa shape index (κ2) is 10.7. The molecule has 0 atom stereocenters. The van der Waals surface area contributed by atoms with E-state index in [1.54, 1.807) is 18.2 Å². The standard InChI is InChI=1S/C26H24N2O5S/c1-32-22-12-9-19(14-23-25(30)28-26(31)34-23)13-21(22)24(29)27-15-17-7-10-20(11-8-17)33-16-18-5-3-2-4-6-18/h2-13,30H,14-16H2,1H3,(H,27,29)(H,28,31). The van der Waals surface area contributed by atoms with Gasteiger partial charge in [0.2, 0.25) is 5.88 Å². The van der Waals surface area contributed by atoms with Crippen molar-refractivity contribution >= 4 is 17.2 Å². The van der Waals surface area contributed by atoms with Crippen LogP contribution >= 0.6 is 11.3 Å². The number of rotatable bonds is 9. The van der Waals surface area contributed by atoms with Gasteiger partial charge in [0.25, 0.3) is 5.91 Å². The van der Waals surface area contributed by atoms with Crippen LogP contribution in [0.1, 0.15) is 31.9 Å². The van der Waals surface area contributed by atoms with Gasteiger partial charge < -0.3 is 19.9 Å². The maximum atomic E-state index is 12.9. The van der Waals surface area contributed by atoms with Crippen molar-refractivity contribution in [3.05, 3.63) is 110 Å². The molecule has 0 unspecified atom stereocenters. The first kappa shape index (κ1) is 23.1. The molecule has 3 aromatic carbocycles. The first-order valence-electron chi connectivity index (χ1n) is 10.6. The molecule has 0 saturated carbocycles. The monoisotopic (exact) mass is 476 g/mol. The Balaban J connectivity index is 1.38. The summed E-state index contributed by atoms with van der Waals surface area (Å²) in [4.78, 5) is 26.8. The maximum absolute atomic E-state index is 12.9. The number of aromatic hydroxyl groups is 1. The molecule has 0 saturated heterocycles. The molecule has 1 amide bonds. The Hall–Kier alpha value is -4.04. The zero-order valence-corrected chi connectivity index (χ0v) is 19.4. The van der Waals surface area contributed by atoms with Gasteiger partial charge in [-0.15, -0.1) is 0 Å². The number of carbonyl (C=O) groups is 1. The summed E-state index contributed by atoms with van der Waals surface area (Å²) in [5, 5.41) is 12.7. The number of hydrogen-bond acceptors (Lipinski definition) is 6. The molecule has 0 radical (unpaired) electrons. The lowest BCUT2D eigenvalue weighted by Crippen LogP contribution is -2.23. The summed E-state index contributed by atoms with van der Waals surface area (Å²) < 4.78 is 11.2. The van der Waals surface area contributed by atoms with Gasteiger partial charge in [-0.25, -0.2) is 0 Å². The minimum Gasteiger partial charge on any atom is -0.496 e. The van der Waals surface area contributed by atoms with Crippen LogP contribution in [-0.4, -0.2) is 23.1 Å². The highest BCUT2D eigenvalue weighted by atomic mass is 32.1. The third-order valence-electron chi connectivity index (χ3n) is 5.20. The summed E-state index contributed by atoms with van der Waals surface area (Å²) in [6.07, 6.45) is 0.323. The molecule has 0 bridgehead atoms. The Labute approximate surface area is 200 Å². The Morgan fingerprint density at radius 1 is 1.00 bits per heavy atom. The van der Waals surface area contributed by atoms with Crippen molar-refractivity contribution in [1.82, 2.24) is 10.3 Å². The number of nitrogens with one attached hydrogen (secondary N) is 2. The fraction of sp³-hybridized carbons (Fsp3) is 0.154. The molecule has 8 heteroatoms. The van der Waals surface area contributed by atoms with Gasteiger partial charge in [0, 0.05) is 13.0 Å². The number of carbonyl (C=O) groups excluding carboxylic acids is 1. The minimum absolute atomic E-state index is 0.145. The van der Waals surface area contributed by atoms with Crippen molar-refractivity contribution < 1.29 is 19.4 Å². The number of ether oxygens (including phenoxy) is 2. The SMILES string of the molecule is COc1ccc(Cc2sc(=O)[nH]c2O)cc1C(=O)NCc1ccc(OCc2ccccc2)cc1. The van der Waals surface area contributed by atoms with Crippen LogP contribution in [0.3, 0.4) is 0 Å². The molecule has 4 rings (SSSR count). The summed E-state index contributed by atoms with van der Waals surface area (Å²) in [6.45, 7) is 0.829. The molecule has 0 fully saturated rings. The third kappa shape index (κ3) is 5.85. The van der Waals surface area contributed by atoms with Crippen LogP contribution in [-0.2, 0) is 19.6 Å². The predicted octanol–water partition coefficient (Wildman–Crippen LogP) is 4.25. The minimum atomic E-state index is -0.324. The van der Waals surface area contributed by atoms with E-state index in [1.807, 2.05) is 54.6 Å². The van der Waals surface area contributed by atoms with E-state index in [0.717, 1.165) is 33.8 Å². The number of hydrogen-bond donors (Lipinski definition) is 3. The molecule has 7 nitrogen and oxygen atoms in total. The van der Waals surface area contributed by atoms with E-state index >= 15 is 0 Å². The van der Waals surface area contributed by atoms with E-state index in [1.165, 1.54) is 7.11 Å². The van der Waals surface area contributed by atoms with Crippen LogP contribution in [0.5, 0.6) is 17.4 Å². The van der Waals surface area contributed by atoms with Crippen LogP contribution in [0, 0.1) is 0 Å². The van der Waals surface area contributed by atoms with Gasteiger partial charge in [0.05, 0.1) is 17.6 Å². The van der Waals surface area contributed by atoms with Crippen molar-refractivity contribution in [1.29, 1.82) is 0 Å². The highest BCUT2D eigenvalue weighted by Gasteiger charge is 2.15. The number of benzene rings is 3. The number of aromatic amines is 1. The quantitative estimate of drug-likeness (QED) is 0.335. The molecule has 0 aliphatic heterocycles. The van der Waals surface area contributed by atoms with Crippen molar-refractivity contribution in [2.24, 2.45) is 0 Å². The van der Waals surface area contributed by atoms with E-state index in [2.05, 4.69) is 10.3 Å². The van der Waals surface area contributed by atoms with Gasteiger partial charge in [-0.3, -0.25) is 14.6 Å². The number of amides is 1. The highest BCUT2D eigenvalue weighted by Crippen LogP contribution is 2.25. The van der Waals surface area contributed by atoms with Crippen LogP contribution in [0.25, 0.3) is 0 Å². The molecule has 3 N–H and O–H groups in total. The first-order valence-corrected chi connectivity index (χ1v) is 11.4. The third-order valence-corrected chi connectivity index (χ3v) is 6.07. The second-order valence-electron chi connectivity index (χ2n) is 7.60. The van der Waals surface area contributed by atoms with Gasteiger partial charge in [-0.05, 0) is 41.0 Å². The fourth-order valence-corrected chi connectivity index (χ4v) is 4.18. The molecule has 0 aliphatic rings. The zero-order valence-electron chi connectivity index (χ0n) is 18.5. The van der Waals surface area contributed by atoms with Crippen LogP contribution in [0.4, 0.5) is 0 Å². The molecule has 4 aromatic rings. The van der Waals surface area contributed by atoms with Crippen molar-refractivity contribution in [2.45, 2.75) is 19.6 Å². The number of H-pyrrole nitrogens is 1. The fourth-order valence-electron chi connectivity index (χ4n) is 3.42. The normalized spacial score (nSPS) is 10.6. The van der Waals surface area contributed by atoms with E-state index in [9.17, 15) is 14.7 Å². The average molecular weight is 477 g/mol. The van der Waals surface area contributed by atoms with Crippen LogP contribution in [0.15, 0.2) is 77.6 Å². The van der Waals surface area contributed by atoms with E-state index < -0.39 is 0 Å². The smallest absolute Gasteiger partial charge is 0.307 e. The lowest BCUT2D eigenvalue weighted by Gasteiger charge is -2.12. The van der Waals surface area contributed by atoms with Gasteiger partial charge in [0.15, 0.2) is 0 Å². The number of methoxy groups -OCH3 is 1. The second-order valence-corrected chi connectivity index (χ2v) is 8.67. The summed E-state index contributed by atoms with van der Waals surface area (Å²) in [5.74, 6) is 0.767. The van der Waals surface area contributed by atoms with E-state index in [4.69, 9.17) is 9.47 Å². The molecule has 1 aromatic heterocycles. The molecular weight excluding hydrogens is 452 g/mol. The van der Waals surface area contributed by atoms with Gasteiger partial charge in [0.1, 0.15) is 18.1 Å². The lowest BCUT2D eigenvalue weighted by molar-refractivity contribution is 0.0947. The first-order chi connectivity index (χ1) is 16.5. The Bertz CT molecular complexity index is 1310. The van der Waals surface area contributed by atoms with E-state index in [-0.39, 0.29) is 16.7 Å². The van der Waals surface area contributed by atoms with Gasteiger partial charge in [-0.1, -0.05) is 59.9 Å². The number of aromatic nitrogens is 1. The van der Waals surface area contributed by atoms with Crippen molar-refractivity contribution in [2.75, 3.05) is 7.11 Å². The highest BCUT2D eigenvalue weighted by molar-refractivity contribution is 7.09. The zero-order chi connectivity index (χ0) is 23.9. The van der Waals surface area contributed by atoms with Gasteiger partial charge >= 0.3 is 4.87 Å². The van der Waals surface area contributed by atoms with Crippen molar-refractivity contribution in [3.8, 4) is 17.4 Å². The maximum Gasteiger partial charge on any atom is 0.307 e. The van der Waals surface area contributed by atoms with Crippen molar-refractivity contribution in [3.63, 3.8) is 0 Å². The molecule has 0 aliphatic carbocycles. The molecule has 0 spiro atoms. The molecule has 1 heterocycles. The summed E-state index contributed by atoms with van der Waals surface area (Å²) >= 11 is 0.941. The van der Waals surface area contributed by atoms with Gasteiger partial charge in [-0.2, -0.15) is 0 Å². The summed E-state index contributed by atoms with van der Waals surface area (Å²) in [5.41, 5.74) is 3.18. The predicted molar refractivity (Wildman–Crippen MR) is 131 cm³/mol. The topological polar surface area (TPSA) is 101 Å². The Morgan fingerprint density at radius 2 is 1.74 bits per heavy atom. The Morgan fingerprint density at radius 3 is 2.41 bits per heavy atom. The van der Waals surface area contributed by atoms with E-state index in [0.29, 0.717) is 35.8 Å². The largest absolute Gasteiger partial charge is 0.496 e. The Kier molecular flexibility index (Phi) is 7.29. The number of thiazole rings is 1. The van der Waals surface area contributed by atoms with Crippen LogP contribution < -0.4 is 19.7 Å². The van der Waals surface area contributed by atoms with Crippen LogP contribution in [0.2, 0.25) is 0 Å². The average Bonchev–Trinajstić information content (AvgIpc) is 3.18. The molecular formula is C26H24N2O5S. The molecule has 174 valence electrons. The lowest BCUT2D eigenvalue weighted by atomic mass is 10.1.